The molecular formula is C12H19N3O2. The van der Waals surface area contributed by atoms with Gasteiger partial charge in [-0.1, -0.05) is 0 Å². The zero-order valence-electron chi connectivity index (χ0n) is 10.0. The zero-order chi connectivity index (χ0) is 11.7. The van der Waals surface area contributed by atoms with Crippen LogP contribution >= 0.6 is 0 Å². The first kappa shape index (κ1) is 11.2. The molecule has 0 saturated carbocycles. The molecule has 1 fully saturated rings. The third kappa shape index (κ3) is 2.50. The first-order chi connectivity index (χ1) is 8.31. The van der Waals surface area contributed by atoms with Crippen molar-refractivity contribution < 1.29 is 9.84 Å². The average Bonchev–Trinajstić information content (AvgIpc) is 2.71. The number of aryl methyl sites for hydroxylation is 1. The molecule has 3 rings (SSSR count). The number of aromatic nitrogens is 3. The molecule has 1 saturated heterocycles. The summed E-state index contributed by atoms with van der Waals surface area (Å²) >= 11 is 0. The highest BCUT2D eigenvalue weighted by atomic mass is 16.5. The lowest BCUT2D eigenvalue weighted by Crippen LogP contribution is -2.23. The van der Waals surface area contributed by atoms with Gasteiger partial charge in [-0.3, -0.25) is 0 Å². The summed E-state index contributed by atoms with van der Waals surface area (Å²) in [6, 6.07) is 0. The Morgan fingerprint density at radius 3 is 3.18 bits per heavy atom. The van der Waals surface area contributed by atoms with Gasteiger partial charge in [0.2, 0.25) is 0 Å². The second kappa shape index (κ2) is 4.74. The SMILES string of the molecule is OC1CCn2nc(CC3CCCOC3)nc2C1. The van der Waals surface area contributed by atoms with E-state index in [-0.39, 0.29) is 6.10 Å². The van der Waals surface area contributed by atoms with Gasteiger partial charge >= 0.3 is 0 Å². The number of hydrogen-bond donors (Lipinski definition) is 1. The summed E-state index contributed by atoms with van der Waals surface area (Å²) in [5, 5.41) is 14.1. The highest BCUT2D eigenvalue weighted by molar-refractivity contribution is 4.99. The molecule has 3 heterocycles. The van der Waals surface area contributed by atoms with Crippen LogP contribution in [0.1, 0.15) is 30.9 Å². The molecule has 0 aliphatic carbocycles. The van der Waals surface area contributed by atoms with Gasteiger partial charge in [-0.05, 0) is 25.2 Å². The van der Waals surface area contributed by atoms with Gasteiger partial charge in [-0.2, -0.15) is 5.10 Å². The predicted octanol–water partition coefficient (Wildman–Crippen LogP) is 0.554. The first-order valence-electron chi connectivity index (χ1n) is 6.49. The Balaban J connectivity index is 1.67. The minimum atomic E-state index is -0.238. The minimum Gasteiger partial charge on any atom is -0.393 e. The van der Waals surface area contributed by atoms with Crippen LogP contribution in [0, 0.1) is 5.92 Å². The van der Waals surface area contributed by atoms with Crippen LogP contribution in [0.4, 0.5) is 0 Å². The summed E-state index contributed by atoms with van der Waals surface area (Å²) in [7, 11) is 0. The molecule has 2 aliphatic rings. The van der Waals surface area contributed by atoms with Gasteiger partial charge < -0.3 is 9.84 Å². The van der Waals surface area contributed by atoms with Gasteiger partial charge in [0, 0.05) is 32.6 Å². The van der Waals surface area contributed by atoms with Crippen molar-refractivity contribution >= 4 is 0 Å². The molecule has 5 heteroatoms. The fourth-order valence-corrected chi connectivity index (χ4v) is 2.65. The Morgan fingerprint density at radius 1 is 1.41 bits per heavy atom. The van der Waals surface area contributed by atoms with Crippen LogP contribution in [0.3, 0.4) is 0 Å². The molecule has 17 heavy (non-hydrogen) atoms. The van der Waals surface area contributed by atoms with E-state index in [1.165, 1.54) is 6.42 Å². The molecule has 0 amide bonds. The smallest absolute Gasteiger partial charge is 0.151 e. The molecule has 0 radical (unpaired) electrons. The Kier molecular flexibility index (Phi) is 3.11. The molecule has 0 spiro atoms. The van der Waals surface area contributed by atoms with E-state index >= 15 is 0 Å². The molecule has 5 nitrogen and oxygen atoms in total. The van der Waals surface area contributed by atoms with Crippen molar-refractivity contribution in [3.63, 3.8) is 0 Å². The molecule has 1 aromatic rings. The van der Waals surface area contributed by atoms with Crippen molar-refractivity contribution in [2.75, 3.05) is 13.2 Å². The molecule has 2 unspecified atom stereocenters. The van der Waals surface area contributed by atoms with Crippen LogP contribution in [0.2, 0.25) is 0 Å². The van der Waals surface area contributed by atoms with Crippen LogP contribution in [-0.4, -0.2) is 39.2 Å². The van der Waals surface area contributed by atoms with Crippen LogP contribution in [0.5, 0.6) is 0 Å². The monoisotopic (exact) mass is 237 g/mol. The van der Waals surface area contributed by atoms with E-state index in [0.717, 1.165) is 50.7 Å². The number of rotatable bonds is 2. The van der Waals surface area contributed by atoms with E-state index in [9.17, 15) is 5.11 Å². The van der Waals surface area contributed by atoms with Gasteiger partial charge in [0.15, 0.2) is 5.82 Å². The fraction of sp³-hybridized carbons (Fsp3) is 0.833. The first-order valence-corrected chi connectivity index (χ1v) is 6.49. The van der Waals surface area contributed by atoms with Gasteiger partial charge in [-0.15, -0.1) is 0 Å². The third-order valence-electron chi connectivity index (χ3n) is 3.61. The maximum absolute atomic E-state index is 9.59. The van der Waals surface area contributed by atoms with Gasteiger partial charge in [0.25, 0.3) is 0 Å². The largest absolute Gasteiger partial charge is 0.393 e. The van der Waals surface area contributed by atoms with Crippen LogP contribution in [0.25, 0.3) is 0 Å². The molecule has 0 aromatic carbocycles. The fourth-order valence-electron chi connectivity index (χ4n) is 2.65. The van der Waals surface area contributed by atoms with Crippen molar-refractivity contribution in [3.05, 3.63) is 11.6 Å². The molecule has 2 atom stereocenters. The van der Waals surface area contributed by atoms with Crippen LogP contribution in [0.15, 0.2) is 0 Å². The van der Waals surface area contributed by atoms with E-state index in [1.54, 1.807) is 0 Å². The van der Waals surface area contributed by atoms with Crippen molar-refractivity contribution in [3.8, 4) is 0 Å². The standard InChI is InChI=1S/C12H19N3O2/c16-10-3-4-15-12(7-10)13-11(14-15)6-9-2-1-5-17-8-9/h9-10,16H,1-8H2. The second-order valence-corrected chi connectivity index (χ2v) is 5.10. The van der Waals surface area contributed by atoms with E-state index in [0.29, 0.717) is 12.3 Å². The topological polar surface area (TPSA) is 60.2 Å². The molecule has 1 N–H and O–H groups in total. The van der Waals surface area contributed by atoms with Crippen molar-refractivity contribution in [1.29, 1.82) is 0 Å². The molecule has 1 aromatic heterocycles. The number of nitrogens with zero attached hydrogens (tertiary/aromatic N) is 3. The molecule has 0 bridgehead atoms. The molecule has 2 aliphatic heterocycles. The Bertz CT molecular complexity index is 385. The van der Waals surface area contributed by atoms with Gasteiger partial charge in [0.05, 0.1) is 6.10 Å². The summed E-state index contributed by atoms with van der Waals surface area (Å²) in [6.45, 7) is 2.53. The summed E-state index contributed by atoms with van der Waals surface area (Å²) in [6.07, 6.45) is 4.48. The van der Waals surface area contributed by atoms with Crippen molar-refractivity contribution in [2.24, 2.45) is 5.92 Å². The summed E-state index contributed by atoms with van der Waals surface area (Å²) in [5.74, 6) is 2.43. The lowest BCUT2D eigenvalue weighted by Gasteiger charge is -2.20. The lowest BCUT2D eigenvalue weighted by molar-refractivity contribution is 0.0543. The van der Waals surface area contributed by atoms with E-state index in [1.807, 2.05) is 4.68 Å². The Labute approximate surface area is 101 Å². The van der Waals surface area contributed by atoms with Crippen molar-refractivity contribution in [1.82, 2.24) is 14.8 Å². The van der Waals surface area contributed by atoms with Gasteiger partial charge in [0.1, 0.15) is 5.82 Å². The maximum atomic E-state index is 9.59. The zero-order valence-corrected chi connectivity index (χ0v) is 10.0. The van der Waals surface area contributed by atoms with Gasteiger partial charge in [-0.25, -0.2) is 9.67 Å². The molecular weight excluding hydrogens is 218 g/mol. The second-order valence-electron chi connectivity index (χ2n) is 5.10. The Hall–Kier alpha value is -0.940. The highest BCUT2D eigenvalue weighted by Crippen LogP contribution is 2.19. The van der Waals surface area contributed by atoms with Crippen molar-refractivity contribution in [2.45, 2.75) is 44.8 Å². The number of ether oxygens (including phenoxy) is 1. The molecule has 94 valence electrons. The Morgan fingerprint density at radius 2 is 2.35 bits per heavy atom. The van der Waals surface area contributed by atoms with Crippen LogP contribution in [-0.2, 0) is 24.1 Å². The maximum Gasteiger partial charge on any atom is 0.151 e. The van der Waals surface area contributed by atoms with Crippen LogP contribution < -0.4 is 0 Å². The lowest BCUT2D eigenvalue weighted by atomic mass is 9.98. The minimum absolute atomic E-state index is 0.238. The summed E-state index contributed by atoms with van der Waals surface area (Å²) in [4.78, 5) is 4.53. The third-order valence-corrected chi connectivity index (χ3v) is 3.61. The van der Waals surface area contributed by atoms with E-state index in [2.05, 4.69) is 10.1 Å². The highest BCUT2D eigenvalue weighted by Gasteiger charge is 2.22. The number of aliphatic hydroxyl groups is 1. The normalized spacial score (nSPS) is 29.0. The quantitative estimate of drug-likeness (QED) is 0.816. The number of hydrogen-bond acceptors (Lipinski definition) is 4. The average molecular weight is 237 g/mol. The predicted molar refractivity (Wildman–Crippen MR) is 61.6 cm³/mol. The van der Waals surface area contributed by atoms with E-state index in [4.69, 9.17) is 4.74 Å². The summed E-state index contributed by atoms with van der Waals surface area (Å²) < 4.78 is 7.42. The number of fused-ring (bicyclic) bond motifs is 1. The number of aliphatic hydroxyl groups excluding tert-OH is 1. The van der Waals surface area contributed by atoms with E-state index < -0.39 is 0 Å². The summed E-state index contributed by atoms with van der Waals surface area (Å²) in [5.41, 5.74) is 0.